The monoisotopic (exact) mass is 190 g/mol. The zero-order valence-corrected chi connectivity index (χ0v) is 7.66. The van der Waals surface area contributed by atoms with E-state index < -0.39 is 0 Å². The molecule has 1 aromatic carbocycles. The van der Waals surface area contributed by atoms with Crippen LogP contribution in [0, 0.1) is 0 Å². The fourth-order valence-electron chi connectivity index (χ4n) is 1.33. The molecule has 2 rings (SSSR count). The Morgan fingerprint density at radius 3 is 3.07 bits per heavy atom. The molecule has 0 spiro atoms. The van der Waals surface area contributed by atoms with Crippen molar-refractivity contribution in [1.82, 2.24) is 15.5 Å². The van der Waals surface area contributed by atoms with Crippen LogP contribution in [0.2, 0.25) is 0 Å². The van der Waals surface area contributed by atoms with Gasteiger partial charge in [-0.05, 0) is 18.2 Å². The van der Waals surface area contributed by atoms with Gasteiger partial charge in [0.2, 0.25) is 0 Å². The molecule has 5 nitrogen and oxygen atoms in total. The number of hydrogen-bond acceptors (Lipinski definition) is 3. The maximum absolute atomic E-state index is 11.3. The van der Waals surface area contributed by atoms with Gasteiger partial charge in [0, 0.05) is 18.1 Å². The van der Waals surface area contributed by atoms with Gasteiger partial charge in [0.1, 0.15) is 0 Å². The van der Waals surface area contributed by atoms with Crippen LogP contribution in [0.4, 0.5) is 5.69 Å². The first-order valence-electron chi connectivity index (χ1n) is 4.18. The van der Waals surface area contributed by atoms with Crippen LogP contribution in [0.1, 0.15) is 10.5 Å². The molecule has 0 atom stereocenters. The van der Waals surface area contributed by atoms with E-state index in [1.54, 1.807) is 25.2 Å². The van der Waals surface area contributed by atoms with E-state index in [0.29, 0.717) is 11.4 Å². The molecule has 4 N–H and O–H groups in total. The molecule has 0 unspecified atom stereocenters. The molecule has 0 saturated carbocycles. The van der Waals surface area contributed by atoms with E-state index in [2.05, 4.69) is 15.5 Å². The molecule has 0 saturated heterocycles. The van der Waals surface area contributed by atoms with E-state index in [-0.39, 0.29) is 5.91 Å². The number of nitrogens with two attached hydrogens (primary N) is 1. The summed E-state index contributed by atoms with van der Waals surface area (Å²) in [6.07, 6.45) is 0. The first kappa shape index (κ1) is 8.55. The van der Waals surface area contributed by atoms with Crippen molar-refractivity contribution >= 4 is 22.5 Å². The summed E-state index contributed by atoms with van der Waals surface area (Å²) in [4.78, 5) is 11.3. The van der Waals surface area contributed by atoms with E-state index in [9.17, 15) is 4.79 Å². The molecular formula is C9H10N4O. The standard InChI is InChI=1S/C9H10N4O/c1-11-9(14)8-6-3-2-5(10)4-7(6)12-13-8/h2-4H,10H2,1H3,(H,11,14)(H,12,13). The average molecular weight is 190 g/mol. The molecule has 14 heavy (non-hydrogen) atoms. The zero-order chi connectivity index (χ0) is 10.1. The predicted molar refractivity (Wildman–Crippen MR) is 53.9 cm³/mol. The van der Waals surface area contributed by atoms with Gasteiger partial charge in [-0.2, -0.15) is 5.10 Å². The van der Waals surface area contributed by atoms with Crippen LogP contribution in [0.3, 0.4) is 0 Å². The quantitative estimate of drug-likeness (QED) is 0.573. The van der Waals surface area contributed by atoms with Crippen LogP contribution >= 0.6 is 0 Å². The van der Waals surface area contributed by atoms with Crippen molar-refractivity contribution in [3.8, 4) is 0 Å². The number of anilines is 1. The van der Waals surface area contributed by atoms with Crippen molar-refractivity contribution in [3.63, 3.8) is 0 Å². The summed E-state index contributed by atoms with van der Waals surface area (Å²) < 4.78 is 0. The van der Waals surface area contributed by atoms with E-state index in [4.69, 9.17) is 5.73 Å². The SMILES string of the molecule is CNC(=O)c1n[nH]c2cc(N)ccc12. The lowest BCUT2D eigenvalue weighted by Gasteiger charge is -1.95. The third-order valence-electron chi connectivity index (χ3n) is 2.03. The highest BCUT2D eigenvalue weighted by atomic mass is 16.1. The minimum atomic E-state index is -0.207. The molecule has 1 amide bonds. The van der Waals surface area contributed by atoms with Crippen LogP contribution in [0.15, 0.2) is 18.2 Å². The number of nitrogen functional groups attached to an aromatic ring is 1. The molecule has 2 aromatic rings. The van der Waals surface area contributed by atoms with Gasteiger partial charge in [-0.1, -0.05) is 0 Å². The average Bonchev–Trinajstić information content (AvgIpc) is 2.59. The summed E-state index contributed by atoms with van der Waals surface area (Å²) in [6, 6.07) is 5.26. The van der Waals surface area contributed by atoms with Gasteiger partial charge in [-0.3, -0.25) is 9.89 Å². The largest absolute Gasteiger partial charge is 0.399 e. The highest BCUT2D eigenvalue weighted by Crippen LogP contribution is 2.18. The van der Waals surface area contributed by atoms with Crippen LogP contribution in [-0.2, 0) is 0 Å². The molecule has 1 heterocycles. The number of carbonyl (C=O) groups is 1. The maximum atomic E-state index is 11.3. The number of fused-ring (bicyclic) bond motifs is 1. The smallest absolute Gasteiger partial charge is 0.272 e. The van der Waals surface area contributed by atoms with Gasteiger partial charge in [-0.25, -0.2) is 0 Å². The lowest BCUT2D eigenvalue weighted by atomic mass is 10.2. The second kappa shape index (κ2) is 3.02. The maximum Gasteiger partial charge on any atom is 0.272 e. The van der Waals surface area contributed by atoms with Gasteiger partial charge in [0.25, 0.3) is 5.91 Å². The molecule has 5 heteroatoms. The second-order valence-electron chi connectivity index (χ2n) is 2.96. The minimum absolute atomic E-state index is 0.207. The number of amides is 1. The Labute approximate surface area is 80.3 Å². The minimum Gasteiger partial charge on any atom is -0.399 e. The van der Waals surface area contributed by atoms with E-state index in [1.165, 1.54) is 0 Å². The Bertz CT molecular complexity index is 489. The van der Waals surface area contributed by atoms with Crippen molar-refractivity contribution in [3.05, 3.63) is 23.9 Å². The molecule has 0 aliphatic carbocycles. The van der Waals surface area contributed by atoms with Gasteiger partial charge in [-0.15, -0.1) is 0 Å². The molecular weight excluding hydrogens is 180 g/mol. The number of carbonyl (C=O) groups excluding carboxylic acids is 1. The summed E-state index contributed by atoms with van der Waals surface area (Å²) >= 11 is 0. The van der Waals surface area contributed by atoms with Crippen molar-refractivity contribution < 1.29 is 4.79 Å². The number of nitrogens with zero attached hydrogens (tertiary/aromatic N) is 1. The molecule has 0 radical (unpaired) electrons. The van der Waals surface area contributed by atoms with E-state index in [0.717, 1.165) is 10.9 Å². The van der Waals surface area contributed by atoms with Crippen molar-refractivity contribution in [2.75, 3.05) is 12.8 Å². The molecule has 1 aromatic heterocycles. The van der Waals surface area contributed by atoms with Gasteiger partial charge >= 0.3 is 0 Å². The van der Waals surface area contributed by atoms with Crippen molar-refractivity contribution in [2.24, 2.45) is 0 Å². The summed E-state index contributed by atoms with van der Waals surface area (Å²) in [5, 5.41) is 9.97. The molecule has 72 valence electrons. The van der Waals surface area contributed by atoms with Crippen LogP contribution < -0.4 is 11.1 Å². The third-order valence-corrected chi connectivity index (χ3v) is 2.03. The first-order chi connectivity index (χ1) is 6.72. The predicted octanol–water partition coefficient (Wildman–Crippen LogP) is 0.505. The lowest BCUT2D eigenvalue weighted by Crippen LogP contribution is -2.18. The highest BCUT2D eigenvalue weighted by Gasteiger charge is 2.11. The van der Waals surface area contributed by atoms with Crippen LogP contribution in [0.5, 0.6) is 0 Å². The number of rotatable bonds is 1. The van der Waals surface area contributed by atoms with Gasteiger partial charge in [0.15, 0.2) is 5.69 Å². The summed E-state index contributed by atoms with van der Waals surface area (Å²) in [7, 11) is 1.57. The Morgan fingerprint density at radius 1 is 1.57 bits per heavy atom. The number of benzene rings is 1. The molecule has 0 fully saturated rings. The summed E-state index contributed by atoms with van der Waals surface area (Å²) in [5.74, 6) is -0.207. The number of aromatic amines is 1. The first-order valence-corrected chi connectivity index (χ1v) is 4.18. The number of aromatic nitrogens is 2. The lowest BCUT2D eigenvalue weighted by molar-refractivity contribution is 0.0959. The van der Waals surface area contributed by atoms with Crippen LogP contribution in [-0.4, -0.2) is 23.2 Å². The number of hydrogen-bond donors (Lipinski definition) is 3. The van der Waals surface area contributed by atoms with Gasteiger partial charge in [0.05, 0.1) is 5.52 Å². The highest BCUT2D eigenvalue weighted by molar-refractivity contribution is 6.04. The van der Waals surface area contributed by atoms with Crippen LogP contribution in [0.25, 0.3) is 10.9 Å². The summed E-state index contributed by atoms with van der Waals surface area (Å²) in [6.45, 7) is 0. The van der Waals surface area contributed by atoms with E-state index >= 15 is 0 Å². The Morgan fingerprint density at radius 2 is 2.36 bits per heavy atom. The fraction of sp³-hybridized carbons (Fsp3) is 0.111. The molecule has 0 aliphatic heterocycles. The Balaban J connectivity index is 2.64. The molecule has 0 aliphatic rings. The molecule has 0 bridgehead atoms. The van der Waals surface area contributed by atoms with Gasteiger partial charge < -0.3 is 11.1 Å². The Hall–Kier alpha value is -2.04. The normalized spacial score (nSPS) is 10.4. The van der Waals surface area contributed by atoms with Crippen molar-refractivity contribution in [2.45, 2.75) is 0 Å². The topological polar surface area (TPSA) is 83.8 Å². The number of nitrogens with one attached hydrogen (secondary N) is 2. The fourth-order valence-corrected chi connectivity index (χ4v) is 1.33. The van der Waals surface area contributed by atoms with E-state index in [1.807, 2.05) is 0 Å². The van der Waals surface area contributed by atoms with Crippen molar-refractivity contribution in [1.29, 1.82) is 0 Å². The second-order valence-corrected chi connectivity index (χ2v) is 2.96. The Kier molecular flexibility index (Phi) is 1.85. The zero-order valence-electron chi connectivity index (χ0n) is 7.66. The number of H-pyrrole nitrogens is 1. The third kappa shape index (κ3) is 1.19. The summed E-state index contributed by atoms with van der Waals surface area (Å²) in [5.41, 5.74) is 7.39.